The number of aliphatic hydroxyl groups is 6. The van der Waals surface area contributed by atoms with E-state index >= 15 is 0 Å². The van der Waals surface area contributed by atoms with Crippen molar-refractivity contribution in [3.8, 4) is 0 Å². The number of hydrogen-bond donors (Lipinski definition) is 8. The van der Waals surface area contributed by atoms with Crippen molar-refractivity contribution < 1.29 is 50.4 Å². The summed E-state index contributed by atoms with van der Waals surface area (Å²) < 4.78 is 0. The van der Waals surface area contributed by atoms with Crippen molar-refractivity contribution in [2.24, 2.45) is 92.7 Å². The van der Waals surface area contributed by atoms with Crippen LogP contribution < -0.4 is 0 Å². The van der Waals surface area contributed by atoms with E-state index in [1.54, 1.807) is 0 Å². The molecule has 8 saturated carbocycles. The van der Waals surface area contributed by atoms with Gasteiger partial charge in [0.05, 0.1) is 36.6 Å². The van der Waals surface area contributed by atoms with E-state index in [1.807, 2.05) is 0 Å². The molecule has 0 aromatic heterocycles. The molecule has 0 aromatic carbocycles. The molecule has 0 amide bonds. The molecule has 59 heavy (non-hydrogen) atoms. The summed E-state index contributed by atoms with van der Waals surface area (Å²) in [4.78, 5) is 22.1. The van der Waals surface area contributed by atoms with Gasteiger partial charge in [0.25, 0.3) is 0 Å². The van der Waals surface area contributed by atoms with Crippen molar-refractivity contribution in [1.82, 2.24) is 0 Å². The van der Waals surface area contributed by atoms with Crippen LogP contribution in [0.5, 0.6) is 0 Å². The summed E-state index contributed by atoms with van der Waals surface area (Å²) in [6.45, 7) is 13.4. The van der Waals surface area contributed by atoms with Crippen LogP contribution in [0.3, 0.4) is 0 Å². The Morgan fingerprint density at radius 1 is 0.525 bits per heavy atom. The van der Waals surface area contributed by atoms with E-state index < -0.39 is 24.1 Å². The first kappa shape index (κ1) is 48.2. The Morgan fingerprint density at radius 2 is 0.881 bits per heavy atom. The molecule has 0 saturated heterocycles. The molecule has 8 N–H and O–H groups in total. The summed E-state index contributed by atoms with van der Waals surface area (Å²) in [5.74, 6) is 1.99. The van der Waals surface area contributed by atoms with E-state index in [9.17, 15) is 40.2 Å². The first-order chi connectivity index (χ1) is 27.2. The fourth-order valence-corrected chi connectivity index (χ4v) is 17.4. The summed E-state index contributed by atoms with van der Waals surface area (Å²) in [5, 5.41) is 84.0. The molecular formula is C48H81NaO10. The Labute approximate surface area is 376 Å². The van der Waals surface area contributed by atoms with Gasteiger partial charge in [-0.25, -0.2) is 0 Å². The molecule has 0 unspecified atom stereocenters. The van der Waals surface area contributed by atoms with Crippen molar-refractivity contribution in [2.75, 3.05) is 0 Å². The summed E-state index contributed by atoms with van der Waals surface area (Å²) in [5.41, 5.74) is -0.286. The number of carboxylic acids is 2. The molecule has 11 heteroatoms. The van der Waals surface area contributed by atoms with Crippen LogP contribution >= 0.6 is 0 Å². The molecule has 8 rings (SSSR count). The minimum atomic E-state index is -0.748. The van der Waals surface area contributed by atoms with Gasteiger partial charge in [-0.2, -0.15) is 0 Å². The van der Waals surface area contributed by atoms with Gasteiger partial charge in [-0.15, -0.1) is 0 Å². The van der Waals surface area contributed by atoms with E-state index in [2.05, 4.69) is 41.5 Å². The Bertz CT molecular complexity index is 1390. The molecule has 8 aliphatic rings. The van der Waals surface area contributed by atoms with Gasteiger partial charge in [-0.3, -0.25) is 9.59 Å². The van der Waals surface area contributed by atoms with Crippen LogP contribution in [0, 0.1) is 92.7 Å². The van der Waals surface area contributed by atoms with Crippen LogP contribution in [0.15, 0.2) is 0 Å². The molecule has 8 fully saturated rings. The SMILES string of the molecule is C[C@H](CCC(=O)O)[C@H]1CC[C@H]2[C@@H]3[C@H](O)C[C@@H]4C[C@H](O)CC[C@]4(C)[C@H]3C[C@H](O)[C@]12C.C[C@H](CCC(=O)O)[C@H]1CC[C@H]2[C@@H]3[C@H](O)C[C@@H]4C[C@H](O)CC[C@]4(C)[C@H]3C[C@H](O)[C@]12C.[NaH]. The van der Waals surface area contributed by atoms with Gasteiger partial charge in [0.2, 0.25) is 0 Å². The van der Waals surface area contributed by atoms with Crippen molar-refractivity contribution in [3.63, 3.8) is 0 Å². The number of carboxylic acid groups (broad SMARTS) is 2. The molecule has 0 heterocycles. The second-order valence-electron chi connectivity index (χ2n) is 22.9. The average Bonchev–Trinajstić information content (AvgIpc) is 3.70. The Kier molecular flexibility index (Phi) is 14.6. The van der Waals surface area contributed by atoms with E-state index in [4.69, 9.17) is 10.2 Å². The van der Waals surface area contributed by atoms with Crippen molar-refractivity contribution >= 4 is 41.5 Å². The van der Waals surface area contributed by atoms with Crippen LogP contribution in [0.25, 0.3) is 0 Å². The van der Waals surface area contributed by atoms with E-state index in [0.717, 1.165) is 89.9 Å². The fourth-order valence-electron chi connectivity index (χ4n) is 17.4. The van der Waals surface area contributed by atoms with E-state index in [-0.39, 0.29) is 112 Å². The second kappa shape index (κ2) is 17.9. The van der Waals surface area contributed by atoms with Crippen LogP contribution in [0.1, 0.15) is 157 Å². The van der Waals surface area contributed by atoms with Gasteiger partial charge in [0, 0.05) is 12.8 Å². The Hall–Kier alpha value is -0.300. The third-order valence-corrected chi connectivity index (χ3v) is 20.7. The standard InChI is InChI=1S/2C24H40O5.Na.H/c2*1-13(4-7-21(28)29)16-5-6-17-22-18(12-20(27)24(16,17)3)23(2)9-8-15(25)10-14(23)11-19(22)26;;/h2*13-20,22,25-27H,4-12H2,1-3H3,(H,28,29);;/t2*13-,14+,15-,16-,17+,18+,19-,20+,22+,23+,24-;;/m11../s1. The predicted octanol–water partition coefficient (Wildman–Crippen LogP) is 6.25. The second-order valence-corrected chi connectivity index (χ2v) is 22.9. The van der Waals surface area contributed by atoms with E-state index in [0.29, 0.717) is 60.2 Å². The predicted molar refractivity (Wildman–Crippen MR) is 227 cm³/mol. The molecular weight excluding hydrogens is 760 g/mol. The van der Waals surface area contributed by atoms with Crippen LogP contribution in [0.2, 0.25) is 0 Å². The van der Waals surface area contributed by atoms with Crippen molar-refractivity contribution in [1.29, 1.82) is 0 Å². The number of fused-ring (bicyclic) bond motifs is 10. The molecule has 0 bridgehead atoms. The molecule has 22 atom stereocenters. The maximum absolute atomic E-state index is 11.5. The van der Waals surface area contributed by atoms with Gasteiger partial charge in [-0.1, -0.05) is 41.5 Å². The number of rotatable bonds is 8. The zero-order valence-corrected chi connectivity index (χ0v) is 36.5. The normalized spacial score (nSPS) is 52.0. The molecule has 8 aliphatic carbocycles. The van der Waals surface area contributed by atoms with Gasteiger partial charge in [0.15, 0.2) is 0 Å². The topological polar surface area (TPSA) is 196 Å². The first-order valence-electron chi connectivity index (χ1n) is 23.7. The maximum atomic E-state index is 11.5. The van der Waals surface area contributed by atoms with E-state index in [1.165, 1.54) is 0 Å². The van der Waals surface area contributed by atoms with Gasteiger partial charge >= 0.3 is 41.5 Å². The van der Waals surface area contributed by atoms with Crippen LogP contribution in [-0.2, 0) is 9.59 Å². The Balaban J connectivity index is 0.000000195. The van der Waals surface area contributed by atoms with Crippen LogP contribution in [0.4, 0.5) is 0 Å². The molecule has 0 radical (unpaired) electrons. The summed E-state index contributed by atoms with van der Waals surface area (Å²) in [6.07, 6.45) is 12.0. The van der Waals surface area contributed by atoms with Crippen LogP contribution in [-0.4, -0.2) is 119 Å². The number of aliphatic hydroxyl groups excluding tert-OH is 6. The summed E-state index contributed by atoms with van der Waals surface area (Å²) >= 11 is 0. The van der Waals surface area contributed by atoms with Crippen molar-refractivity contribution in [3.05, 3.63) is 0 Å². The third-order valence-electron chi connectivity index (χ3n) is 20.7. The fraction of sp³-hybridized carbons (Fsp3) is 0.958. The summed E-state index contributed by atoms with van der Waals surface area (Å²) in [7, 11) is 0. The zero-order valence-electron chi connectivity index (χ0n) is 36.5. The van der Waals surface area contributed by atoms with Gasteiger partial charge < -0.3 is 40.9 Å². The Morgan fingerprint density at radius 3 is 1.22 bits per heavy atom. The average molecular weight is 841 g/mol. The molecule has 10 nitrogen and oxygen atoms in total. The van der Waals surface area contributed by atoms with Gasteiger partial charge in [-0.05, 0) is 195 Å². The number of carbonyl (C=O) groups is 2. The third kappa shape index (κ3) is 8.21. The molecule has 334 valence electrons. The number of hydrogen-bond acceptors (Lipinski definition) is 8. The molecule has 0 aromatic rings. The van der Waals surface area contributed by atoms with Gasteiger partial charge in [0.1, 0.15) is 0 Å². The molecule has 0 aliphatic heterocycles. The first-order valence-corrected chi connectivity index (χ1v) is 23.7. The minimum absolute atomic E-state index is 0. The summed E-state index contributed by atoms with van der Waals surface area (Å²) in [6, 6.07) is 0. The monoisotopic (exact) mass is 841 g/mol. The van der Waals surface area contributed by atoms with Crippen molar-refractivity contribution in [2.45, 2.75) is 194 Å². The zero-order chi connectivity index (χ0) is 42.3. The quantitative estimate of drug-likeness (QED) is 0.130. The molecule has 0 spiro atoms. The number of aliphatic carboxylic acids is 2.